The Bertz CT molecular complexity index is 763. The first kappa shape index (κ1) is 18.7. The van der Waals surface area contributed by atoms with E-state index in [1.165, 1.54) is 11.3 Å². The minimum Gasteiger partial charge on any atom is -0.366 e. The molecule has 2 heterocycles. The maximum absolute atomic E-state index is 9.40. The molecule has 0 bridgehead atoms. The largest absolute Gasteiger partial charge is 0.366 e. The third-order valence-electron chi connectivity index (χ3n) is 5.54. The van der Waals surface area contributed by atoms with E-state index in [9.17, 15) is 5.26 Å². The van der Waals surface area contributed by atoms with Crippen LogP contribution in [-0.4, -0.2) is 22.6 Å². The Morgan fingerprint density at radius 2 is 2.23 bits per heavy atom. The van der Waals surface area contributed by atoms with Gasteiger partial charge in [0.15, 0.2) is 0 Å². The van der Waals surface area contributed by atoms with Gasteiger partial charge in [-0.2, -0.15) is 10.2 Å². The number of nitrogens with zero attached hydrogens (tertiary/aromatic N) is 3. The molecule has 0 aliphatic heterocycles. The van der Waals surface area contributed by atoms with Gasteiger partial charge in [-0.15, -0.1) is 11.3 Å². The Morgan fingerprint density at radius 1 is 1.38 bits per heavy atom. The monoisotopic (exact) mass is 369 g/mol. The zero-order valence-corrected chi connectivity index (χ0v) is 16.6. The lowest BCUT2D eigenvalue weighted by Crippen LogP contribution is -2.37. The number of nitriles is 1. The van der Waals surface area contributed by atoms with Crippen molar-refractivity contribution in [2.24, 2.45) is 11.3 Å². The molecule has 5 nitrogen and oxygen atoms in total. The number of aromatic nitrogens is 2. The van der Waals surface area contributed by atoms with Crippen LogP contribution in [-0.2, 0) is 6.42 Å². The van der Waals surface area contributed by atoms with Gasteiger partial charge in [-0.3, -0.25) is 0 Å². The van der Waals surface area contributed by atoms with Crippen molar-refractivity contribution in [3.8, 4) is 6.07 Å². The molecular weight excluding hydrogens is 342 g/mol. The molecular formula is C20H27N5S. The maximum atomic E-state index is 9.40. The third-order valence-corrected chi connectivity index (χ3v) is 6.48. The fourth-order valence-corrected chi connectivity index (χ4v) is 4.22. The van der Waals surface area contributed by atoms with E-state index in [4.69, 9.17) is 0 Å². The van der Waals surface area contributed by atoms with E-state index in [0.717, 1.165) is 31.7 Å². The summed E-state index contributed by atoms with van der Waals surface area (Å²) < 4.78 is 0. The van der Waals surface area contributed by atoms with Crippen LogP contribution < -0.4 is 10.6 Å². The van der Waals surface area contributed by atoms with Crippen LogP contribution in [0.4, 0.5) is 11.8 Å². The molecule has 0 unspecified atom stereocenters. The second-order valence-corrected chi connectivity index (χ2v) is 8.87. The topological polar surface area (TPSA) is 73.6 Å². The van der Waals surface area contributed by atoms with Gasteiger partial charge in [0.1, 0.15) is 17.5 Å². The third kappa shape index (κ3) is 4.53. The van der Waals surface area contributed by atoms with Gasteiger partial charge in [0.05, 0.1) is 6.20 Å². The second-order valence-electron chi connectivity index (χ2n) is 7.84. The zero-order chi connectivity index (χ0) is 18.6. The Balaban J connectivity index is 1.65. The minimum atomic E-state index is 0.303. The Kier molecular flexibility index (Phi) is 5.77. The van der Waals surface area contributed by atoms with Gasteiger partial charge in [0.25, 0.3) is 0 Å². The molecule has 0 aromatic carbocycles. The predicted molar refractivity (Wildman–Crippen MR) is 107 cm³/mol. The molecule has 6 heteroatoms. The number of rotatable bonds is 6. The van der Waals surface area contributed by atoms with E-state index in [0.29, 0.717) is 28.8 Å². The summed E-state index contributed by atoms with van der Waals surface area (Å²) in [6.07, 6.45) is 5.95. The van der Waals surface area contributed by atoms with E-state index >= 15 is 0 Å². The minimum absolute atomic E-state index is 0.303. The van der Waals surface area contributed by atoms with Crippen LogP contribution in [0.5, 0.6) is 0 Å². The molecule has 3 rings (SSSR count). The number of nitrogens with one attached hydrogen (secondary N) is 2. The average molecular weight is 370 g/mol. The first-order valence-electron chi connectivity index (χ1n) is 9.28. The van der Waals surface area contributed by atoms with Crippen molar-refractivity contribution in [2.45, 2.75) is 52.5 Å². The molecule has 2 atom stereocenters. The summed E-state index contributed by atoms with van der Waals surface area (Å²) in [6.45, 7) is 7.76. The molecule has 1 aliphatic rings. The van der Waals surface area contributed by atoms with Gasteiger partial charge < -0.3 is 10.6 Å². The lowest BCUT2D eigenvalue weighted by atomic mass is 9.68. The fourth-order valence-electron chi connectivity index (χ4n) is 3.51. The number of anilines is 2. The second kappa shape index (κ2) is 8.05. The molecule has 2 aromatic heterocycles. The molecule has 1 saturated carbocycles. The SMILES string of the molecule is C[C@H]1CC[C@@H](Nc2nc(NCCc3cccs3)ncc2C#N)CC1(C)C. The van der Waals surface area contributed by atoms with Crippen molar-refractivity contribution in [2.75, 3.05) is 17.2 Å². The molecule has 0 amide bonds. The zero-order valence-electron chi connectivity index (χ0n) is 15.7. The van der Waals surface area contributed by atoms with Crippen LogP contribution in [0, 0.1) is 22.7 Å². The van der Waals surface area contributed by atoms with Crippen molar-refractivity contribution >= 4 is 23.1 Å². The van der Waals surface area contributed by atoms with Crippen LogP contribution in [0.3, 0.4) is 0 Å². The van der Waals surface area contributed by atoms with Crippen molar-refractivity contribution in [3.05, 3.63) is 34.2 Å². The van der Waals surface area contributed by atoms with E-state index < -0.39 is 0 Å². The van der Waals surface area contributed by atoms with Crippen LogP contribution in [0.2, 0.25) is 0 Å². The van der Waals surface area contributed by atoms with Gasteiger partial charge in [-0.25, -0.2) is 4.98 Å². The molecule has 138 valence electrons. The molecule has 1 aliphatic carbocycles. The van der Waals surface area contributed by atoms with Gasteiger partial charge in [-0.1, -0.05) is 26.8 Å². The van der Waals surface area contributed by atoms with Crippen molar-refractivity contribution in [1.82, 2.24) is 9.97 Å². The Labute approximate surface area is 159 Å². The lowest BCUT2D eigenvalue weighted by Gasteiger charge is -2.41. The molecule has 0 radical (unpaired) electrons. The van der Waals surface area contributed by atoms with Gasteiger partial charge in [0, 0.05) is 17.5 Å². The summed E-state index contributed by atoms with van der Waals surface area (Å²) in [5.41, 5.74) is 0.808. The molecule has 2 N–H and O–H groups in total. The van der Waals surface area contributed by atoms with E-state index in [2.05, 4.69) is 65.0 Å². The van der Waals surface area contributed by atoms with Crippen LogP contribution in [0.15, 0.2) is 23.7 Å². The molecule has 0 saturated heterocycles. The first-order valence-corrected chi connectivity index (χ1v) is 10.2. The highest BCUT2D eigenvalue weighted by Gasteiger charge is 2.34. The summed E-state index contributed by atoms with van der Waals surface area (Å²) in [6, 6.07) is 6.75. The standard InChI is InChI=1S/C20H27N5S/c1-14-6-7-16(11-20(14,2)3)24-18-15(12-21)13-23-19(25-18)22-9-8-17-5-4-10-26-17/h4-5,10,13-14,16H,6-9,11H2,1-3H3,(H2,22,23,24,25)/t14-,16+/m0/s1. The summed E-state index contributed by atoms with van der Waals surface area (Å²) in [7, 11) is 0. The highest BCUT2D eigenvalue weighted by Crippen LogP contribution is 2.41. The molecule has 0 spiro atoms. The van der Waals surface area contributed by atoms with Gasteiger partial charge in [-0.05, 0) is 48.5 Å². The number of thiophene rings is 1. The predicted octanol–water partition coefficient (Wildman–Crippen LogP) is 4.69. The number of hydrogen-bond acceptors (Lipinski definition) is 6. The maximum Gasteiger partial charge on any atom is 0.224 e. The molecule has 1 fully saturated rings. The smallest absolute Gasteiger partial charge is 0.224 e. The summed E-state index contributed by atoms with van der Waals surface area (Å²) >= 11 is 1.75. The van der Waals surface area contributed by atoms with E-state index in [-0.39, 0.29) is 0 Å². The van der Waals surface area contributed by atoms with Crippen LogP contribution in [0.25, 0.3) is 0 Å². The Morgan fingerprint density at radius 3 is 2.92 bits per heavy atom. The summed E-state index contributed by atoms with van der Waals surface area (Å²) in [4.78, 5) is 10.2. The van der Waals surface area contributed by atoms with Crippen LogP contribution >= 0.6 is 11.3 Å². The average Bonchev–Trinajstić information content (AvgIpc) is 3.12. The quantitative estimate of drug-likeness (QED) is 0.772. The van der Waals surface area contributed by atoms with Crippen molar-refractivity contribution in [1.29, 1.82) is 5.26 Å². The van der Waals surface area contributed by atoms with Crippen molar-refractivity contribution in [3.63, 3.8) is 0 Å². The van der Waals surface area contributed by atoms with E-state index in [1.807, 2.05) is 0 Å². The van der Waals surface area contributed by atoms with Crippen LogP contribution in [0.1, 0.15) is 50.5 Å². The first-order chi connectivity index (χ1) is 12.5. The summed E-state index contributed by atoms with van der Waals surface area (Å²) in [5, 5.41) is 18.3. The fraction of sp³-hybridized carbons (Fsp3) is 0.550. The Hall–Kier alpha value is -2.13. The summed E-state index contributed by atoms with van der Waals surface area (Å²) in [5.74, 6) is 1.94. The molecule has 26 heavy (non-hydrogen) atoms. The number of hydrogen-bond donors (Lipinski definition) is 2. The van der Waals surface area contributed by atoms with Crippen molar-refractivity contribution < 1.29 is 0 Å². The highest BCUT2D eigenvalue weighted by atomic mass is 32.1. The molecule has 2 aromatic rings. The van der Waals surface area contributed by atoms with E-state index in [1.54, 1.807) is 17.5 Å². The van der Waals surface area contributed by atoms with Gasteiger partial charge in [0.2, 0.25) is 5.95 Å². The highest BCUT2D eigenvalue weighted by molar-refractivity contribution is 7.09. The normalized spacial score (nSPS) is 21.8. The van der Waals surface area contributed by atoms with Gasteiger partial charge >= 0.3 is 0 Å². The lowest BCUT2D eigenvalue weighted by molar-refractivity contribution is 0.143.